The summed E-state index contributed by atoms with van der Waals surface area (Å²) in [6.07, 6.45) is -1.75. The van der Waals surface area contributed by atoms with E-state index < -0.39 is 139 Å². The smallest absolute Gasteiger partial charge is 0.326 e. The normalized spacial score (nSPS) is 16.2. The highest BCUT2D eigenvalue weighted by Gasteiger charge is 2.41. The maximum absolute atomic E-state index is 14.3. The van der Waals surface area contributed by atoms with Crippen LogP contribution >= 0.6 is 0 Å². The van der Waals surface area contributed by atoms with Crippen molar-refractivity contribution in [2.75, 3.05) is 19.6 Å². The molecule has 0 bridgehead atoms. The average molecular weight is 1170 g/mol. The fourth-order valence-corrected chi connectivity index (χ4v) is 9.38. The van der Waals surface area contributed by atoms with Gasteiger partial charge in [0.25, 0.3) is 0 Å². The van der Waals surface area contributed by atoms with E-state index in [0.29, 0.717) is 23.1 Å². The first kappa shape index (κ1) is 65.9. The van der Waals surface area contributed by atoms with Crippen molar-refractivity contribution < 1.29 is 73.2 Å². The van der Waals surface area contributed by atoms with Gasteiger partial charge >= 0.3 is 5.97 Å². The summed E-state index contributed by atoms with van der Waals surface area (Å²) in [5, 5.41) is 61.8. The number of H-pyrrole nitrogens is 1. The van der Waals surface area contributed by atoms with E-state index in [2.05, 4.69) is 47.5 Å². The molecule has 0 aliphatic carbocycles. The molecule has 0 saturated carbocycles. The number of carboxylic acids is 1. The molecule has 10 atom stereocenters. The third-order valence-electron chi connectivity index (χ3n) is 13.8. The van der Waals surface area contributed by atoms with Crippen molar-refractivity contribution >= 4 is 75.9 Å². The molecule has 0 spiro atoms. The molecule has 4 aromatic rings. The number of hydrogen-bond acceptors (Lipinski definition) is 15. The summed E-state index contributed by atoms with van der Waals surface area (Å²) in [5.74, 6) is -10.1. The maximum atomic E-state index is 14.3. The van der Waals surface area contributed by atoms with Crippen LogP contribution < -0.4 is 54.0 Å². The second-order valence-corrected chi connectivity index (χ2v) is 21.1. The van der Waals surface area contributed by atoms with Crippen LogP contribution in [0.2, 0.25) is 0 Å². The largest absolute Gasteiger partial charge is 0.508 e. The highest BCUT2D eigenvalue weighted by atomic mass is 16.4. The van der Waals surface area contributed by atoms with Crippen molar-refractivity contribution in [3.63, 3.8) is 0 Å². The number of likely N-dealkylation sites (tertiary alicyclic amines) is 1. The molecular weight excluding hydrogens is 1090 g/mol. The molecule has 1 aliphatic heterocycles. The van der Waals surface area contributed by atoms with Crippen molar-refractivity contribution in [2.24, 2.45) is 17.4 Å². The Kier molecular flexibility index (Phi) is 24.7. The molecule has 2 heterocycles. The minimum Gasteiger partial charge on any atom is -0.508 e. The number of carboxylic acid groups (broad SMARTS) is 1. The minimum absolute atomic E-state index is 0.00974. The lowest BCUT2D eigenvalue weighted by molar-refractivity contribution is -0.144. The number of aliphatic carboxylic acids is 1. The standard InChI is InChI=1S/C57H76N12O15/c1-30(2)23-40(65-50(76)38(58)20-21-45(59)73)52(78)67-48(31(3)70)55(81)66-41(24-33-11-6-5-7-12-33)53(79)68-49(32(4)71)56(82)69-22-10-15-44(69)54(80)62-29-46(74)63-42(26-35-27-60-39-14-9-8-13-37(35)39)51(77)61-28-47(75)64-43(57(83)84)25-34-16-18-36(72)19-17-34/h5-9,11-14,16-19,27,30-32,38,40-44,48-49,60,70-72H,10,15,20-26,28-29,58H2,1-4H3,(H2,59,73)(H,61,77)(H,62,80)(H,63,74)(H,64,75)(H,65,76)(H,66,81)(H,67,78)(H,68,79)(H,83,84)/t31-,32-,38+,40+,41+,42+,43+,44+,48+,49+/m1/s1. The molecule has 454 valence electrons. The molecule has 10 amide bonds. The molecule has 17 N–H and O–H groups in total. The summed E-state index contributed by atoms with van der Waals surface area (Å²) in [4.78, 5) is 151. The molecule has 27 heteroatoms. The first-order valence-corrected chi connectivity index (χ1v) is 27.5. The van der Waals surface area contributed by atoms with Gasteiger partial charge in [-0.05, 0) is 80.3 Å². The zero-order valence-electron chi connectivity index (χ0n) is 47.1. The van der Waals surface area contributed by atoms with Gasteiger partial charge in [-0.3, -0.25) is 47.9 Å². The Morgan fingerprint density at radius 2 is 1.19 bits per heavy atom. The van der Waals surface area contributed by atoms with Gasteiger partial charge in [-0.25, -0.2) is 4.79 Å². The highest BCUT2D eigenvalue weighted by molar-refractivity contribution is 5.98. The van der Waals surface area contributed by atoms with Crippen molar-refractivity contribution in [1.29, 1.82) is 0 Å². The number of aromatic hydroxyl groups is 1. The molecule has 1 aromatic heterocycles. The lowest BCUT2D eigenvalue weighted by Crippen LogP contribution is -2.63. The molecule has 1 saturated heterocycles. The van der Waals surface area contributed by atoms with E-state index in [0.717, 1.165) is 15.8 Å². The Bertz CT molecular complexity index is 2970. The number of nitrogens with two attached hydrogens (primary N) is 2. The quantitative estimate of drug-likeness (QED) is 0.0248. The Hall–Kier alpha value is -8.95. The van der Waals surface area contributed by atoms with Gasteiger partial charge in [-0.2, -0.15) is 0 Å². The van der Waals surface area contributed by atoms with Crippen molar-refractivity contribution in [3.05, 3.63) is 102 Å². The van der Waals surface area contributed by atoms with Gasteiger partial charge in [0, 0.05) is 49.3 Å². The van der Waals surface area contributed by atoms with Crippen LogP contribution in [0.1, 0.15) is 76.5 Å². The van der Waals surface area contributed by atoms with Crippen LogP contribution in [-0.2, 0) is 72.0 Å². The maximum Gasteiger partial charge on any atom is 0.326 e. The van der Waals surface area contributed by atoms with Crippen LogP contribution in [0.25, 0.3) is 10.9 Å². The van der Waals surface area contributed by atoms with Gasteiger partial charge in [0.05, 0.1) is 31.3 Å². The van der Waals surface area contributed by atoms with Gasteiger partial charge in [0.2, 0.25) is 59.1 Å². The number of para-hydroxylation sites is 1. The number of nitrogens with one attached hydrogen (secondary N) is 9. The van der Waals surface area contributed by atoms with Crippen LogP contribution in [0.15, 0.2) is 85.1 Å². The predicted octanol–water partition coefficient (Wildman–Crippen LogP) is -2.48. The van der Waals surface area contributed by atoms with Gasteiger partial charge in [-0.1, -0.05) is 74.5 Å². The van der Waals surface area contributed by atoms with Crippen LogP contribution in [0.5, 0.6) is 5.75 Å². The molecule has 5 rings (SSSR count). The molecule has 1 fully saturated rings. The Morgan fingerprint density at radius 1 is 0.631 bits per heavy atom. The lowest BCUT2D eigenvalue weighted by atomic mass is 10.0. The summed E-state index contributed by atoms with van der Waals surface area (Å²) >= 11 is 0. The number of carbonyl (C=O) groups is 11. The van der Waals surface area contributed by atoms with Gasteiger partial charge in [0.1, 0.15) is 48.0 Å². The van der Waals surface area contributed by atoms with E-state index in [1.165, 1.54) is 38.1 Å². The second-order valence-electron chi connectivity index (χ2n) is 21.1. The number of amides is 10. The van der Waals surface area contributed by atoms with Crippen molar-refractivity contribution in [3.8, 4) is 5.75 Å². The topological polar surface area (TPSA) is 436 Å². The number of phenols is 1. The fourth-order valence-electron chi connectivity index (χ4n) is 9.38. The summed E-state index contributed by atoms with van der Waals surface area (Å²) in [7, 11) is 0. The number of rotatable bonds is 31. The number of aromatic amines is 1. The molecule has 84 heavy (non-hydrogen) atoms. The molecular formula is C57H76N12O15. The van der Waals surface area contributed by atoms with E-state index in [4.69, 9.17) is 11.5 Å². The first-order valence-electron chi connectivity index (χ1n) is 27.5. The van der Waals surface area contributed by atoms with E-state index in [-0.39, 0.29) is 63.2 Å². The zero-order chi connectivity index (χ0) is 61.8. The van der Waals surface area contributed by atoms with Gasteiger partial charge in [-0.15, -0.1) is 0 Å². The number of fused-ring (bicyclic) bond motifs is 1. The Morgan fingerprint density at radius 3 is 1.82 bits per heavy atom. The number of phenolic OH excluding ortho intramolecular Hbond substituents is 1. The molecule has 1 aliphatic rings. The Labute approximate surface area is 484 Å². The molecule has 0 unspecified atom stereocenters. The fraction of sp³-hybridized carbons (Fsp3) is 0.456. The third-order valence-corrected chi connectivity index (χ3v) is 13.8. The second kappa shape index (κ2) is 31.5. The van der Waals surface area contributed by atoms with Gasteiger partial charge < -0.3 is 84.3 Å². The first-order chi connectivity index (χ1) is 39.8. The summed E-state index contributed by atoms with van der Waals surface area (Å²) in [5.41, 5.74) is 13.5. The van der Waals surface area contributed by atoms with Crippen LogP contribution in [0.3, 0.4) is 0 Å². The molecule has 0 radical (unpaired) electrons. The van der Waals surface area contributed by atoms with E-state index >= 15 is 0 Å². The SMILES string of the molecule is CC(C)C[C@H](NC(=O)[C@@H](N)CCC(N)=O)C(=O)N[C@H](C(=O)N[C@@H](Cc1ccccc1)C(=O)N[C@H](C(=O)N1CCC[C@H]1C(=O)NCC(=O)N[C@@H](Cc1c[nH]c2ccccc12)C(=O)NCC(=O)N[C@@H](Cc1ccc(O)cc1)C(=O)O)[C@@H](C)O)[C@@H](C)O. The Balaban J connectivity index is 1.25. The summed E-state index contributed by atoms with van der Waals surface area (Å²) in [6.45, 7) is 4.59. The zero-order valence-corrected chi connectivity index (χ0v) is 47.1. The number of aliphatic hydroxyl groups is 2. The van der Waals surface area contributed by atoms with Crippen molar-refractivity contribution in [2.45, 2.75) is 140 Å². The van der Waals surface area contributed by atoms with Crippen LogP contribution in [0.4, 0.5) is 0 Å². The number of aliphatic hydroxyl groups excluding tert-OH is 2. The summed E-state index contributed by atoms with van der Waals surface area (Å²) < 4.78 is 0. The minimum atomic E-state index is -1.70. The van der Waals surface area contributed by atoms with Crippen LogP contribution in [0, 0.1) is 5.92 Å². The van der Waals surface area contributed by atoms with Crippen molar-refractivity contribution in [1.82, 2.24) is 52.4 Å². The monoisotopic (exact) mass is 1170 g/mol. The number of carbonyl (C=O) groups excluding carboxylic acids is 10. The van der Waals surface area contributed by atoms with E-state index in [9.17, 15) is 73.2 Å². The predicted molar refractivity (Wildman–Crippen MR) is 303 cm³/mol. The molecule has 27 nitrogen and oxygen atoms in total. The van der Waals surface area contributed by atoms with Crippen LogP contribution in [-0.4, -0.2) is 176 Å². The third kappa shape index (κ3) is 19.9. The lowest BCUT2D eigenvalue weighted by Gasteiger charge is -2.31. The number of nitrogens with zero attached hydrogens (tertiary/aromatic N) is 1. The van der Waals surface area contributed by atoms with E-state index in [1.807, 2.05) is 0 Å². The van der Waals surface area contributed by atoms with E-state index in [1.54, 1.807) is 74.6 Å². The summed E-state index contributed by atoms with van der Waals surface area (Å²) in [6, 6.07) is 9.94. The highest BCUT2D eigenvalue weighted by Crippen LogP contribution is 2.22. The average Bonchev–Trinajstić information content (AvgIpc) is 4.32. The number of primary amides is 1. The molecule has 3 aromatic carbocycles. The van der Waals surface area contributed by atoms with Gasteiger partial charge in [0.15, 0.2) is 0 Å². The number of aromatic nitrogens is 1. The number of hydrogen-bond donors (Lipinski definition) is 15. The number of benzene rings is 3.